The zero-order chi connectivity index (χ0) is 13.5. The van der Waals surface area contributed by atoms with E-state index in [9.17, 15) is 4.79 Å². The van der Waals surface area contributed by atoms with Crippen LogP contribution in [0.3, 0.4) is 0 Å². The molecule has 1 atom stereocenters. The van der Waals surface area contributed by atoms with Gasteiger partial charge in [-0.25, -0.2) is 0 Å². The number of halogens is 1. The first-order chi connectivity index (χ1) is 8.52. The molecule has 1 N–H and O–H groups in total. The second-order valence-electron chi connectivity index (χ2n) is 4.48. The highest BCUT2D eigenvalue weighted by molar-refractivity contribution is 9.10. The highest BCUT2D eigenvalue weighted by atomic mass is 79.9. The monoisotopic (exact) mass is 313 g/mol. The molecule has 0 aliphatic heterocycles. The highest BCUT2D eigenvalue weighted by Crippen LogP contribution is 2.25. The van der Waals surface area contributed by atoms with Gasteiger partial charge in [0.2, 0.25) is 0 Å². The first-order valence-corrected chi connectivity index (χ1v) is 7.00. The van der Waals surface area contributed by atoms with Gasteiger partial charge in [0.25, 0.3) is 5.91 Å². The van der Waals surface area contributed by atoms with Gasteiger partial charge in [-0.15, -0.1) is 0 Å². The molecule has 0 fully saturated rings. The topological polar surface area (TPSA) is 38.3 Å². The summed E-state index contributed by atoms with van der Waals surface area (Å²) in [6, 6.07) is 5.99. The minimum Gasteiger partial charge on any atom is -0.483 e. The molecule has 0 spiro atoms. The van der Waals surface area contributed by atoms with E-state index in [0.29, 0.717) is 5.75 Å². The van der Waals surface area contributed by atoms with E-state index in [2.05, 4.69) is 28.2 Å². The van der Waals surface area contributed by atoms with Crippen LogP contribution in [0.4, 0.5) is 0 Å². The number of amides is 1. The number of carbonyl (C=O) groups is 1. The van der Waals surface area contributed by atoms with Gasteiger partial charge in [-0.1, -0.05) is 19.4 Å². The molecule has 0 heterocycles. The Hall–Kier alpha value is -1.03. The maximum atomic E-state index is 11.6. The standard InChI is InChI=1S/C14H20BrNO2/c1-4-5-11(3)16-14(17)9-18-13-7-6-10(2)8-12(13)15/h6-8,11H,4-5,9H2,1-3H3,(H,16,17). The number of hydrogen-bond acceptors (Lipinski definition) is 2. The molecule has 1 aromatic carbocycles. The summed E-state index contributed by atoms with van der Waals surface area (Å²) in [5, 5.41) is 2.90. The van der Waals surface area contributed by atoms with E-state index in [-0.39, 0.29) is 18.6 Å². The maximum Gasteiger partial charge on any atom is 0.258 e. The fraction of sp³-hybridized carbons (Fsp3) is 0.500. The van der Waals surface area contributed by atoms with Crippen LogP contribution in [0.15, 0.2) is 22.7 Å². The van der Waals surface area contributed by atoms with Crippen LogP contribution in [-0.4, -0.2) is 18.6 Å². The number of ether oxygens (including phenoxy) is 1. The third kappa shape index (κ3) is 5.08. The lowest BCUT2D eigenvalue weighted by Gasteiger charge is -2.13. The van der Waals surface area contributed by atoms with Gasteiger partial charge in [-0.05, 0) is 53.9 Å². The van der Waals surface area contributed by atoms with Crippen molar-refractivity contribution >= 4 is 21.8 Å². The van der Waals surface area contributed by atoms with E-state index < -0.39 is 0 Å². The molecule has 1 amide bonds. The molecule has 0 aliphatic rings. The molecule has 4 heteroatoms. The number of carbonyl (C=O) groups excluding carboxylic acids is 1. The van der Waals surface area contributed by atoms with Crippen LogP contribution in [0, 0.1) is 6.92 Å². The molecular formula is C14H20BrNO2. The van der Waals surface area contributed by atoms with Crippen LogP contribution in [0.25, 0.3) is 0 Å². The zero-order valence-corrected chi connectivity index (χ0v) is 12.7. The van der Waals surface area contributed by atoms with E-state index in [1.54, 1.807) is 0 Å². The SMILES string of the molecule is CCCC(C)NC(=O)COc1ccc(C)cc1Br. The van der Waals surface area contributed by atoms with Crippen molar-refractivity contribution in [1.29, 1.82) is 0 Å². The summed E-state index contributed by atoms with van der Waals surface area (Å²) < 4.78 is 6.35. The van der Waals surface area contributed by atoms with E-state index >= 15 is 0 Å². The van der Waals surface area contributed by atoms with Gasteiger partial charge in [0, 0.05) is 6.04 Å². The fourth-order valence-corrected chi connectivity index (χ4v) is 2.30. The highest BCUT2D eigenvalue weighted by Gasteiger charge is 2.08. The van der Waals surface area contributed by atoms with Gasteiger partial charge in [0.05, 0.1) is 4.47 Å². The predicted molar refractivity (Wildman–Crippen MR) is 76.9 cm³/mol. The molecule has 0 aromatic heterocycles. The molecule has 1 rings (SSSR count). The Labute approximate surface area is 117 Å². The largest absolute Gasteiger partial charge is 0.483 e. The van der Waals surface area contributed by atoms with Gasteiger partial charge in [-0.2, -0.15) is 0 Å². The molecule has 0 saturated heterocycles. The first kappa shape index (κ1) is 15.0. The third-order valence-electron chi connectivity index (χ3n) is 2.58. The number of aryl methyl sites for hydroxylation is 1. The van der Waals surface area contributed by atoms with E-state index in [4.69, 9.17) is 4.74 Å². The molecule has 0 radical (unpaired) electrons. The summed E-state index contributed by atoms with van der Waals surface area (Å²) in [6.07, 6.45) is 2.05. The van der Waals surface area contributed by atoms with Gasteiger partial charge >= 0.3 is 0 Å². The van der Waals surface area contributed by atoms with Crippen molar-refractivity contribution in [3.63, 3.8) is 0 Å². The van der Waals surface area contributed by atoms with Crippen LogP contribution >= 0.6 is 15.9 Å². The van der Waals surface area contributed by atoms with Crippen LogP contribution in [0.2, 0.25) is 0 Å². The number of nitrogens with one attached hydrogen (secondary N) is 1. The molecule has 0 aliphatic carbocycles. The van der Waals surface area contributed by atoms with Crippen molar-refractivity contribution in [3.05, 3.63) is 28.2 Å². The summed E-state index contributed by atoms with van der Waals surface area (Å²) in [5.41, 5.74) is 1.15. The lowest BCUT2D eigenvalue weighted by molar-refractivity contribution is -0.123. The second-order valence-corrected chi connectivity index (χ2v) is 5.33. The van der Waals surface area contributed by atoms with E-state index in [1.165, 1.54) is 0 Å². The summed E-state index contributed by atoms with van der Waals surface area (Å²) in [7, 11) is 0. The molecule has 1 aromatic rings. The average Bonchev–Trinajstić information content (AvgIpc) is 2.28. The van der Waals surface area contributed by atoms with Crippen LogP contribution in [0.5, 0.6) is 5.75 Å². The predicted octanol–water partition coefficient (Wildman–Crippen LogP) is 3.44. The molecule has 100 valence electrons. The molecule has 0 bridgehead atoms. The van der Waals surface area contributed by atoms with Gasteiger partial charge < -0.3 is 10.1 Å². The van der Waals surface area contributed by atoms with Gasteiger partial charge in [0.1, 0.15) is 5.75 Å². The Morgan fingerprint density at radius 2 is 2.22 bits per heavy atom. The van der Waals surface area contributed by atoms with Crippen molar-refractivity contribution in [2.45, 2.75) is 39.7 Å². The number of rotatable bonds is 6. The Bertz CT molecular complexity index is 407. The molecule has 3 nitrogen and oxygen atoms in total. The lowest BCUT2D eigenvalue weighted by Crippen LogP contribution is -2.35. The van der Waals surface area contributed by atoms with Crippen LogP contribution in [0.1, 0.15) is 32.3 Å². The minimum atomic E-state index is -0.0802. The summed E-state index contributed by atoms with van der Waals surface area (Å²) >= 11 is 3.42. The molecule has 0 saturated carbocycles. The van der Waals surface area contributed by atoms with Crippen molar-refractivity contribution < 1.29 is 9.53 Å². The smallest absolute Gasteiger partial charge is 0.258 e. The first-order valence-electron chi connectivity index (χ1n) is 6.21. The second kappa shape index (κ2) is 7.41. The summed E-state index contributed by atoms with van der Waals surface area (Å²) in [6.45, 7) is 6.16. The van der Waals surface area contributed by atoms with Crippen LogP contribution < -0.4 is 10.1 Å². The Morgan fingerprint density at radius 3 is 2.83 bits per heavy atom. The minimum absolute atomic E-state index is 0.0513. The van der Waals surface area contributed by atoms with Gasteiger partial charge in [0.15, 0.2) is 6.61 Å². The maximum absolute atomic E-state index is 11.6. The normalized spacial score (nSPS) is 12.0. The Balaban J connectivity index is 2.42. The number of benzene rings is 1. The van der Waals surface area contributed by atoms with E-state index in [0.717, 1.165) is 22.9 Å². The average molecular weight is 314 g/mol. The lowest BCUT2D eigenvalue weighted by atomic mass is 10.2. The van der Waals surface area contributed by atoms with Crippen LogP contribution in [-0.2, 0) is 4.79 Å². The van der Waals surface area contributed by atoms with Crippen molar-refractivity contribution in [2.75, 3.05) is 6.61 Å². The van der Waals surface area contributed by atoms with Crippen molar-refractivity contribution in [2.24, 2.45) is 0 Å². The van der Waals surface area contributed by atoms with Gasteiger partial charge in [-0.3, -0.25) is 4.79 Å². The third-order valence-corrected chi connectivity index (χ3v) is 3.19. The quantitative estimate of drug-likeness (QED) is 0.873. The molecule has 1 unspecified atom stereocenters. The Morgan fingerprint density at radius 1 is 1.50 bits per heavy atom. The summed E-state index contributed by atoms with van der Waals surface area (Å²) in [4.78, 5) is 11.6. The van der Waals surface area contributed by atoms with E-state index in [1.807, 2.05) is 32.0 Å². The molecular weight excluding hydrogens is 294 g/mol. The zero-order valence-electron chi connectivity index (χ0n) is 11.1. The molecule has 18 heavy (non-hydrogen) atoms. The van der Waals surface area contributed by atoms with Crippen molar-refractivity contribution in [1.82, 2.24) is 5.32 Å². The van der Waals surface area contributed by atoms with Crippen molar-refractivity contribution in [3.8, 4) is 5.75 Å². The fourth-order valence-electron chi connectivity index (χ4n) is 1.69. The number of hydrogen-bond donors (Lipinski definition) is 1. The summed E-state index contributed by atoms with van der Waals surface area (Å²) in [5.74, 6) is 0.613. The Kier molecular flexibility index (Phi) is 6.19.